The molecule has 0 amide bonds. The lowest BCUT2D eigenvalue weighted by Crippen LogP contribution is -2.33. The van der Waals surface area contributed by atoms with Gasteiger partial charge in [0.2, 0.25) is 5.79 Å². The van der Waals surface area contributed by atoms with E-state index in [1.807, 2.05) is 0 Å². The molecular weight excluding hydrogens is 328 g/mol. The number of aliphatic hydroxyl groups is 1. The fraction of sp³-hybridized carbons (Fsp3) is 0.429. The standard InChI is InChI=1S/C14H15F2N3O3S/c1-19-8-17-18-13(19)23-7-14(21-6-10(5-20)22-14)11-3-2-9(15)4-12(11)16/h2-4,8,10,20H,5-7H2,1H3. The van der Waals surface area contributed by atoms with E-state index in [4.69, 9.17) is 9.47 Å². The van der Waals surface area contributed by atoms with Gasteiger partial charge in [0.25, 0.3) is 0 Å². The molecule has 2 heterocycles. The number of aromatic nitrogens is 3. The van der Waals surface area contributed by atoms with E-state index in [-0.39, 0.29) is 24.5 Å². The number of halogens is 2. The average Bonchev–Trinajstić information content (AvgIpc) is 3.12. The Labute approximate surface area is 135 Å². The second-order valence-corrected chi connectivity index (χ2v) is 6.07. The molecule has 2 aromatic rings. The van der Waals surface area contributed by atoms with E-state index in [1.165, 1.54) is 17.8 Å². The van der Waals surface area contributed by atoms with Crippen LogP contribution < -0.4 is 0 Å². The van der Waals surface area contributed by atoms with E-state index >= 15 is 0 Å². The Morgan fingerprint density at radius 3 is 2.91 bits per heavy atom. The molecule has 0 radical (unpaired) electrons. The van der Waals surface area contributed by atoms with Crippen LogP contribution in [0.3, 0.4) is 0 Å². The molecule has 23 heavy (non-hydrogen) atoms. The molecule has 1 aliphatic rings. The maximum atomic E-state index is 14.2. The average molecular weight is 343 g/mol. The highest BCUT2D eigenvalue weighted by Gasteiger charge is 2.45. The van der Waals surface area contributed by atoms with E-state index in [1.54, 1.807) is 17.9 Å². The van der Waals surface area contributed by atoms with Gasteiger partial charge in [-0.3, -0.25) is 0 Å². The summed E-state index contributed by atoms with van der Waals surface area (Å²) in [7, 11) is 1.78. The van der Waals surface area contributed by atoms with Gasteiger partial charge in [0.05, 0.1) is 19.0 Å². The molecule has 124 valence electrons. The zero-order chi connectivity index (χ0) is 16.4. The van der Waals surface area contributed by atoms with E-state index < -0.39 is 23.5 Å². The third kappa shape index (κ3) is 3.23. The van der Waals surface area contributed by atoms with E-state index in [0.29, 0.717) is 5.16 Å². The highest BCUT2D eigenvalue weighted by atomic mass is 32.2. The van der Waals surface area contributed by atoms with Crippen LogP contribution in [0.1, 0.15) is 5.56 Å². The van der Waals surface area contributed by atoms with E-state index in [9.17, 15) is 13.9 Å². The van der Waals surface area contributed by atoms with Gasteiger partial charge in [-0.15, -0.1) is 10.2 Å². The minimum atomic E-state index is -1.41. The third-order valence-corrected chi connectivity index (χ3v) is 4.62. The molecule has 1 saturated heterocycles. The van der Waals surface area contributed by atoms with Crippen LogP contribution in [0, 0.1) is 11.6 Å². The Balaban J connectivity index is 1.90. The first kappa shape index (κ1) is 16.3. The molecule has 1 aliphatic heterocycles. The number of nitrogens with zero attached hydrogens (tertiary/aromatic N) is 3. The molecule has 0 aliphatic carbocycles. The Kier molecular flexibility index (Phi) is 4.62. The molecule has 0 bridgehead atoms. The summed E-state index contributed by atoms with van der Waals surface area (Å²) < 4.78 is 40.5. The smallest absolute Gasteiger partial charge is 0.208 e. The first-order valence-corrected chi connectivity index (χ1v) is 7.87. The molecule has 1 aromatic carbocycles. The number of hydrogen-bond donors (Lipinski definition) is 1. The number of ether oxygens (including phenoxy) is 2. The minimum absolute atomic E-state index is 0.0875. The van der Waals surface area contributed by atoms with Crippen LogP contribution >= 0.6 is 11.8 Å². The summed E-state index contributed by atoms with van der Waals surface area (Å²) in [6.45, 7) is -0.133. The molecular formula is C14H15F2N3O3S. The molecule has 0 spiro atoms. The van der Waals surface area contributed by atoms with Crippen molar-refractivity contribution in [1.82, 2.24) is 14.8 Å². The van der Waals surface area contributed by atoms with Gasteiger partial charge in [0.1, 0.15) is 24.1 Å². The number of benzene rings is 1. The van der Waals surface area contributed by atoms with Crippen molar-refractivity contribution in [2.45, 2.75) is 17.0 Å². The zero-order valence-corrected chi connectivity index (χ0v) is 13.1. The molecule has 2 atom stereocenters. The van der Waals surface area contributed by atoms with Gasteiger partial charge in [-0.25, -0.2) is 8.78 Å². The van der Waals surface area contributed by atoms with Crippen molar-refractivity contribution in [1.29, 1.82) is 0 Å². The summed E-state index contributed by atoms with van der Waals surface area (Å²) in [6, 6.07) is 3.22. The van der Waals surface area contributed by atoms with Gasteiger partial charge in [-0.05, 0) is 12.1 Å². The molecule has 1 N–H and O–H groups in total. The minimum Gasteiger partial charge on any atom is -0.394 e. The van der Waals surface area contributed by atoms with Crippen molar-refractivity contribution in [2.75, 3.05) is 19.0 Å². The maximum absolute atomic E-state index is 14.2. The van der Waals surface area contributed by atoms with Crippen molar-refractivity contribution in [3.8, 4) is 0 Å². The lowest BCUT2D eigenvalue weighted by Gasteiger charge is -2.28. The van der Waals surface area contributed by atoms with E-state index in [0.717, 1.165) is 12.1 Å². The van der Waals surface area contributed by atoms with Crippen LogP contribution in [-0.2, 0) is 22.3 Å². The van der Waals surface area contributed by atoms with Crippen LogP contribution in [0.5, 0.6) is 0 Å². The van der Waals surface area contributed by atoms with Crippen molar-refractivity contribution < 1.29 is 23.4 Å². The predicted octanol–water partition coefficient (Wildman–Crippen LogP) is 1.45. The van der Waals surface area contributed by atoms with Crippen molar-refractivity contribution in [3.63, 3.8) is 0 Å². The van der Waals surface area contributed by atoms with Crippen LogP contribution in [0.15, 0.2) is 29.7 Å². The maximum Gasteiger partial charge on any atom is 0.208 e. The fourth-order valence-corrected chi connectivity index (χ4v) is 3.29. The lowest BCUT2D eigenvalue weighted by atomic mass is 10.1. The quantitative estimate of drug-likeness (QED) is 0.829. The molecule has 3 rings (SSSR count). The van der Waals surface area contributed by atoms with Crippen LogP contribution in [0.2, 0.25) is 0 Å². The fourth-order valence-electron chi connectivity index (χ4n) is 2.31. The first-order chi connectivity index (χ1) is 11.0. The summed E-state index contributed by atoms with van der Waals surface area (Å²) in [5, 5.41) is 17.6. The van der Waals surface area contributed by atoms with Crippen molar-refractivity contribution in [2.24, 2.45) is 7.05 Å². The number of aliphatic hydroxyl groups excluding tert-OH is 1. The number of rotatable bonds is 5. The highest BCUT2D eigenvalue weighted by molar-refractivity contribution is 7.99. The first-order valence-electron chi connectivity index (χ1n) is 6.89. The second kappa shape index (κ2) is 6.52. The van der Waals surface area contributed by atoms with E-state index in [2.05, 4.69) is 10.2 Å². The Morgan fingerprint density at radius 1 is 1.48 bits per heavy atom. The summed E-state index contributed by atoms with van der Waals surface area (Å²) in [4.78, 5) is 0. The zero-order valence-electron chi connectivity index (χ0n) is 12.3. The van der Waals surface area contributed by atoms with Crippen LogP contribution in [0.4, 0.5) is 8.78 Å². The molecule has 9 heteroatoms. The topological polar surface area (TPSA) is 69.4 Å². The normalized spacial score (nSPS) is 24.3. The van der Waals surface area contributed by atoms with Gasteiger partial charge in [-0.1, -0.05) is 11.8 Å². The Hall–Kier alpha value is -1.55. The number of aryl methyl sites for hydroxylation is 1. The lowest BCUT2D eigenvalue weighted by molar-refractivity contribution is -0.163. The summed E-state index contributed by atoms with van der Waals surface area (Å²) in [5.41, 5.74) is 0.0875. The number of hydrogen-bond acceptors (Lipinski definition) is 6. The second-order valence-electron chi connectivity index (χ2n) is 5.12. The van der Waals surface area contributed by atoms with Gasteiger partial charge in [0.15, 0.2) is 5.16 Å². The largest absolute Gasteiger partial charge is 0.394 e. The van der Waals surface area contributed by atoms with Gasteiger partial charge < -0.3 is 19.1 Å². The Morgan fingerprint density at radius 2 is 2.30 bits per heavy atom. The van der Waals surface area contributed by atoms with Crippen LogP contribution in [-0.4, -0.2) is 44.9 Å². The van der Waals surface area contributed by atoms with Crippen LogP contribution in [0.25, 0.3) is 0 Å². The number of thioether (sulfide) groups is 1. The van der Waals surface area contributed by atoms with Crippen molar-refractivity contribution in [3.05, 3.63) is 41.7 Å². The monoisotopic (exact) mass is 343 g/mol. The predicted molar refractivity (Wildman–Crippen MR) is 77.7 cm³/mol. The SMILES string of the molecule is Cn1cnnc1SCC1(c2ccc(F)cc2F)OCC(CO)O1. The summed E-state index contributed by atoms with van der Waals surface area (Å²) >= 11 is 1.27. The molecule has 6 nitrogen and oxygen atoms in total. The summed E-state index contributed by atoms with van der Waals surface area (Å²) in [5.74, 6) is -2.68. The third-order valence-electron chi connectivity index (χ3n) is 3.47. The Bertz CT molecular complexity index is 700. The molecule has 0 saturated carbocycles. The molecule has 2 unspecified atom stereocenters. The molecule has 1 fully saturated rings. The highest BCUT2D eigenvalue weighted by Crippen LogP contribution is 2.39. The van der Waals surface area contributed by atoms with Gasteiger partial charge >= 0.3 is 0 Å². The summed E-state index contributed by atoms with van der Waals surface area (Å²) in [6.07, 6.45) is 0.972. The van der Waals surface area contributed by atoms with Gasteiger partial charge in [0, 0.05) is 18.7 Å². The molecule has 1 aromatic heterocycles. The van der Waals surface area contributed by atoms with Gasteiger partial charge in [-0.2, -0.15) is 0 Å². The van der Waals surface area contributed by atoms with Crippen molar-refractivity contribution >= 4 is 11.8 Å².